The number of piperidine rings is 1. The molecule has 3 heterocycles. The van der Waals surface area contributed by atoms with Crippen molar-refractivity contribution in [2.75, 3.05) is 18.0 Å². The Bertz CT molecular complexity index is 1010. The maximum Gasteiger partial charge on any atom is 0.292 e. The molecule has 1 aliphatic rings. The summed E-state index contributed by atoms with van der Waals surface area (Å²) in [4.78, 5) is 26.9. The fourth-order valence-electron chi connectivity index (χ4n) is 3.32. The Kier molecular flexibility index (Phi) is 5.45. The average Bonchev–Trinajstić information content (AvgIpc) is 3.27. The molecular formula is C20H19ClN4O2S. The van der Waals surface area contributed by atoms with Crippen LogP contribution >= 0.6 is 22.9 Å². The van der Waals surface area contributed by atoms with Crippen LogP contribution in [0.25, 0.3) is 5.69 Å². The summed E-state index contributed by atoms with van der Waals surface area (Å²) in [6, 6.07) is 11.1. The largest absolute Gasteiger partial charge is 0.369 e. The van der Waals surface area contributed by atoms with Gasteiger partial charge in [-0.15, -0.1) is 0 Å². The molecule has 1 fully saturated rings. The van der Waals surface area contributed by atoms with Gasteiger partial charge in [0.05, 0.1) is 17.6 Å². The molecule has 0 bridgehead atoms. The van der Waals surface area contributed by atoms with Gasteiger partial charge in [-0.05, 0) is 36.4 Å². The van der Waals surface area contributed by atoms with Gasteiger partial charge in [-0.2, -0.15) is 21.1 Å². The number of aromatic nitrogens is 2. The summed E-state index contributed by atoms with van der Waals surface area (Å²) in [5.41, 5.74) is 1.68. The van der Waals surface area contributed by atoms with Gasteiger partial charge < -0.3 is 10.2 Å². The molecule has 0 unspecified atom stereocenters. The topological polar surface area (TPSA) is 67.2 Å². The molecule has 0 radical (unpaired) electrons. The third kappa shape index (κ3) is 3.81. The molecule has 1 N–H and O–H groups in total. The second kappa shape index (κ2) is 8.16. The number of anilines is 1. The minimum Gasteiger partial charge on any atom is -0.369 e. The molecule has 2 aromatic heterocycles. The van der Waals surface area contributed by atoms with Crippen LogP contribution in [-0.2, 0) is 0 Å². The van der Waals surface area contributed by atoms with E-state index in [1.54, 1.807) is 6.20 Å². The summed E-state index contributed by atoms with van der Waals surface area (Å²) < 4.78 is 1.31. The Morgan fingerprint density at radius 1 is 1.18 bits per heavy atom. The fraction of sp³-hybridized carbons (Fsp3) is 0.250. The number of thiophene rings is 1. The van der Waals surface area contributed by atoms with Crippen molar-refractivity contribution < 1.29 is 4.79 Å². The van der Waals surface area contributed by atoms with E-state index in [9.17, 15) is 9.59 Å². The number of amides is 1. The Balaban J connectivity index is 1.44. The first-order valence-corrected chi connectivity index (χ1v) is 10.4. The van der Waals surface area contributed by atoms with Gasteiger partial charge in [0.25, 0.3) is 11.5 Å². The molecule has 0 saturated carbocycles. The van der Waals surface area contributed by atoms with Gasteiger partial charge in [-0.3, -0.25) is 9.59 Å². The number of halogens is 1. The van der Waals surface area contributed by atoms with Crippen LogP contribution in [0, 0.1) is 0 Å². The molecule has 1 aromatic carbocycles. The molecule has 1 amide bonds. The minimum absolute atomic E-state index is 0.0372. The Morgan fingerprint density at radius 2 is 1.93 bits per heavy atom. The van der Waals surface area contributed by atoms with Gasteiger partial charge >= 0.3 is 0 Å². The molecule has 0 aliphatic carbocycles. The SMILES string of the molecule is O=C(NC1CCN(c2cnn(-c3ccccc3)c(=O)c2Cl)CC1)c1ccsc1. The van der Waals surface area contributed by atoms with E-state index in [1.807, 2.05) is 47.2 Å². The molecule has 1 aliphatic heterocycles. The van der Waals surface area contributed by atoms with Crippen LogP contribution in [0.4, 0.5) is 5.69 Å². The van der Waals surface area contributed by atoms with Gasteiger partial charge in [0.2, 0.25) is 0 Å². The number of rotatable bonds is 4. The van der Waals surface area contributed by atoms with Crippen molar-refractivity contribution >= 4 is 34.5 Å². The zero-order chi connectivity index (χ0) is 19.5. The van der Waals surface area contributed by atoms with Crippen molar-refractivity contribution in [3.05, 3.63) is 74.3 Å². The molecule has 0 spiro atoms. The number of hydrogen-bond donors (Lipinski definition) is 1. The van der Waals surface area contributed by atoms with E-state index < -0.39 is 0 Å². The molecule has 28 heavy (non-hydrogen) atoms. The summed E-state index contributed by atoms with van der Waals surface area (Å²) in [5.74, 6) is -0.0372. The number of hydrogen-bond acceptors (Lipinski definition) is 5. The van der Waals surface area contributed by atoms with E-state index >= 15 is 0 Å². The summed E-state index contributed by atoms with van der Waals surface area (Å²) in [7, 11) is 0. The van der Waals surface area contributed by atoms with Crippen LogP contribution < -0.4 is 15.8 Å². The Labute approximate surface area is 171 Å². The zero-order valence-corrected chi connectivity index (χ0v) is 16.6. The van der Waals surface area contributed by atoms with Crippen LogP contribution in [-0.4, -0.2) is 34.8 Å². The molecule has 1 saturated heterocycles. The highest BCUT2D eigenvalue weighted by Crippen LogP contribution is 2.25. The van der Waals surface area contributed by atoms with Crippen molar-refractivity contribution in [2.24, 2.45) is 0 Å². The highest BCUT2D eigenvalue weighted by Gasteiger charge is 2.24. The van der Waals surface area contributed by atoms with E-state index in [2.05, 4.69) is 15.3 Å². The van der Waals surface area contributed by atoms with Crippen molar-refractivity contribution in [2.45, 2.75) is 18.9 Å². The van der Waals surface area contributed by atoms with Crippen LogP contribution in [0.3, 0.4) is 0 Å². The number of benzene rings is 1. The van der Waals surface area contributed by atoms with Gasteiger partial charge in [-0.25, -0.2) is 0 Å². The van der Waals surface area contributed by atoms with Crippen molar-refractivity contribution in [1.29, 1.82) is 0 Å². The predicted octanol–water partition coefficient (Wildman–Crippen LogP) is 3.35. The lowest BCUT2D eigenvalue weighted by Crippen LogP contribution is -2.45. The normalized spacial score (nSPS) is 14.8. The summed E-state index contributed by atoms with van der Waals surface area (Å²) >= 11 is 7.89. The maximum atomic E-state index is 12.7. The van der Waals surface area contributed by atoms with Crippen LogP contribution in [0.1, 0.15) is 23.2 Å². The Hall–Kier alpha value is -2.64. The first kappa shape index (κ1) is 18.7. The zero-order valence-electron chi connectivity index (χ0n) is 15.0. The number of carbonyl (C=O) groups excluding carboxylic acids is 1. The quantitative estimate of drug-likeness (QED) is 0.711. The lowest BCUT2D eigenvalue weighted by molar-refractivity contribution is 0.0931. The number of nitrogens with one attached hydrogen (secondary N) is 1. The molecule has 8 heteroatoms. The number of nitrogens with zero attached hydrogens (tertiary/aromatic N) is 3. The van der Waals surface area contributed by atoms with E-state index in [4.69, 9.17) is 11.6 Å². The van der Waals surface area contributed by atoms with E-state index in [-0.39, 0.29) is 22.5 Å². The molecule has 6 nitrogen and oxygen atoms in total. The van der Waals surface area contributed by atoms with E-state index in [0.717, 1.165) is 12.8 Å². The van der Waals surface area contributed by atoms with Gasteiger partial charge in [-0.1, -0.05) is 29.8 Å². The summed E-state index contributed by atoms with van der Waals surface area (Å²) in [6.45, 7) is 1.40. The third-order valence-electron chi connectivity index (χ3n) is 4.86. The standard InChI is InChI=1S/C20H19ClN4O2S/c21-18-17(12-22-25(20(18)27)16-4-2-1-3-5-16)24-9-6-15(7-10-24)23-19(26)14-8-11-28-13-14/h1-5,8,11-13,15H,6-7,9-10H2,(H,23,26). The number of carbonyl (C=O) groups is 1. The van der Waals surface area contributed by atoms with Crippen molar-refractivity contribution in [1.82, 2.24) is 15.1 Å². The fourth-order valence-corrected chi connectivity index (χ4v) is 4.21. The van der Waals surface area contributed by atoms with E-state index in [1.165, 1.54) is 16.0 Å². The van der Waals surface area contributed by atoms with Crippen LogP contribution in [0.15, 0.2) is 58.1 Å². The Morgan fingerprint density at radius 3 is 2.61 bits per heavy atom. The number of para-hydroxylation sites is 1. The monoisotopic (exact) mass is 414 g/mol. The first-order valence-electron chi connectivity index (χ1n) is 9.05. The first-order chi connectivity index (χ1) is 13.6. The minimum atomic E-state index is -0.335. The lowest BCUT2D eigenvalue weighted by atomic mass is 10.0. The van der Waals surface area contributed by atoms with Crippen molar-refractivity contribution in [3.63, 3.8) is 0 Å². The molecule has 0 atom stereocenters. The van der Waals surface area contributed by atoms with Crippen LogP contribution in [0.2, 0.25) is 5.02 Å². The van der Waals surface area contributed by atoms with Crippen LogP contribution in [0.5, 0.6) is 0 Å². The van der Waals surface area contributed by atoms with E-state index in [0.29, 0.717) is 30.0 Å². The highest BCUT2D eigenvalue weighted by molar-refractivity contribution is 7.08. The smallest absolute Gasteiger partial charge is 0.292 e. The second-order valence-corrected chi connectivity index (χ2v) is 7.80. The summed E-state index contributed by atoms with van der Waals surface area (Å²) in [5, 5.41) is 11.3. The molecule has 3 aromatic rings. The van der Waals surface area contributed by atoms with Gasteiger partial charge in [0.1, 0.15) is 5.02 Å². The lowest BCUT2D eigenvalue weighted by Gasteiger charge is -2.34. The molecule has 4 rings (SSSR count). The summed E-state index contributed by atoms with van der Waals surface area (Å²) in [6.07, 6.45) is 3.21. The second-order valence-electron chi connectivity index (χ2n) is 6.64. The maximum absolute atomic E-state index is 12.7. The molecular weight excluding hydrogens is 396 g/mol. The third-order valence-corrected chi connectivity index (χ3v) is 5.89. The van der Waals surface area contributed by atoms with Gasteiger partial charge in [0, 0.05) is 30.1 Å². The van der Waals surface area contributed by atoms with Gasteiger partial charge in [0.15, 0.2) is 0 Å². The molecule has 144 valence electrons. The van der Waals surface area contributed by atoms with Crippen molar-refractivity contribution in [3.8, 4) is 5.69 Å². The average molecular weight is 415 g/mol. The predicted molar refractivity (Wildman–Crippen MR) is 112 cm³/mol. The highest BCUT2D eigenvalue weighted by atomic mass is 35.5.